The van der Waals surface area contributed by atoms with Gasteiger partial charge in [-0.05, 0) is 30.7 Å². The fraction of sp³-hybridized carbons (Fsp3) is 0.333. The van der Waals surface area contributed by atoms with Crippen LogP contribution in [0.3, 0.4) is 0 Å². The van der Waals surface area contributed by atoms with Gasteiger partial charge in [0.25, 0.3) is 0 Å². The summed E-state index contributed by atoms with van der Waals surface area (Å²) in [6, 6.07) is 10.2. The lowest BCUT2D eigenvalue weighted by molar-refractivity contribution is 0.685. The van der Waals surface area contributed by atoms with Crippen molar-refractivity contribution < 1.29 is 0 Å². The van der Waals surface area contributed by atoms with Crippen molar-refractivity contribution in [2.24, 2.45) is 12.0 Å². The predicted octanol–water partition coefficient (Wildman–Crippen LogP) is 2.44. The van der Waals surface area contributed by atoms with Crippen LogP contribution in [0.2, 0.25) is 0 Å². The number of hydrogen-bond acceptors (Lipinski definition) is 2. The summed E-state index contributed by atoms with van der Waals surface area (Å²) in [7, 11) is 1.93. The number of rotatable bonds is 5. The Balaban J connectivity index is 1.95. The molecule has 0 radical (unpaired) electrons. The Hall–Kier alpha value is -1.82. The molecule has 1 heterocycles. The Morgan fingerprint density at radius 1 is 1.24 bits per heavy atom. The molecule has 5 nitrogen and oxygen atoms in total. The molecule has 21 heavy (non-hydrogen) atoms. The second-order valence-electron chi connectivity index (χ2n) is 4.62. The first-order valence-corrected chi connectivity index (χ1v) is 7.72. The average molecular weight is 350 g/mol. The van der Waals surface area contributed by atoms with E-state index in [-0.39, 0.29) is 0 Å². The first kappa shape index (κ1) is 15.6. The topological polar surface area (TPSA) is 54.2 Å². The van der Waals surface area contributed by atoms with Crippen molar-refractivity contribution in [2.75, 3.05) is 6.54 Å². The maximum atomic E-state index is 4.59. The van der Waals surface area contributed by atoms with Gasteiger partial charge >= 0.3 is 0 Å². The van der Waals surface area contributed by atoms with Crippen LogP contribution in [-0.4, -0.2) is 22.3 Å². The summed E-state index contributed by atoms with van der Waals surface area (Å²) < 4.78 is 2.93. The molecule has 2 aromatic rings. The zero-order valence-electron chi connectivity index (χ0n) is 12.3. The summed E-state index contributed by atoms with van der Waals surface area (Å²) in [5.74, 6) is 0.807. The van der Waals surface area contributed by atoms with Gasteiger partial charge in [-0.1, -0.05) is 28.1 Å². The first-order chi connectivity index (χ1) is 10.2. The maximum Gasteiger partial charge on any atom is 0.191 e. The zero-order chi connectivity index (χ0) is 15.1. The van der Waals surface area contributed by atoms with E-state index in [0.29, 0.717) is 13.1 Å². The molecule has 1 aromatic heterocycles. The lowest BCUT2D eigenvalue weighted by Gasteiger charge is -2.11. The molecule has 0 aliphatic heterocycles. The van der Waals surface area contributed by atoms with Crippen LogP contribution in [0.25, 0.3) is 0 Å². The lowest BCUT2D eigenvalue weighted by Crippen LogP contribution is -2.37. The molecule has 0 atom stereocenters. The minimum absolute atomic E-state index is 0.647. The van der Waals surface area contributed by atoms with E-state index in [1.165, 1.54) is 5.56 Å². The molecule has 0 fully saturated rings. The van der Waals surface area contributed by atoms with E-state index in [2.05, 4.69) is 55.7 Å². The van der Waals surface area contributed by atoms with Crippen molar-refractivity contribution in [3.05, 3.63) is 52.3 Å². The molecule has 0 saturated carbocycles. The van der Waals surface area contributed by atoms with Crippen LogP contribution in [0, 0.1) is 0 Å². The van der Waals surface area contributed by atoms with Crippen molar-refractivity contribution in [3.8, 4) is 0 Å². The summed E-state index contributed by atoms with van der Waals surface area (Å²) in [5.41, 5.74) is 2.29. The number of guanidine groups is 1. The number of hydrogen-bond donors (Lipinski definition) is 2. The second-order valence-corrected chi connectivity index (χ2v) is 5.54. The van der Waals surface area contributed by atoms with Gasteiger partial charge in [0, 0.05) is 24.3 Å². The highest BCUT2D eigenvalue weighted by Gasteiger charge is 2.01. The third kappa shape index (κ3) is 4.90. The number of halogens is 1. The highest BCUT2D eigenvalue weighted by molar-refractivity contribution is 9.10. The summed E-state index contributed by atoms with van der Waals surface area (Å²) in [6.07, 6.45) is 1.79. The normalized spacial score (nSPS) is 11.5. The first-order valence-electron chi connectivity index (χ1n) is 6.92. The van der Waals surface area contributed by atoms with Crippen molar-refractivity contribution in [2.45, 2.75) is 20.0 Å². The van der Waals surface area contributed by atoms with Gasteiger partial charge in [0.2, 0.25) is 0 Å². The van der Waals surface area contributed by atoms with E-state index in [1.807, 2.05) is 29.9 Å². The molecule has 1 aromatic carbocycles. The van der Waals surface area contributed by atoms with Crippen LogP contribution < -0.4 is 10.6 Å². The molecule has 0 spiro atoms. The van der Waals surface area contributed by atoms with E-state index < -0.39 is 0 Å². The fourth-order valence-corrected chi connectivity index (χ4v) is 2.12. The lowest BCUT2D eigenvalue weighted by atomic mass is 10.2. The van der Waals surface area contributed by atoms with Crippen LogP contribution in [0.4, 0.5) is 0 Å². The summed E-state index contributed by atoms with van der Waals surface area (Å²) in [4.78, 5) is 4.59. The summed E-state index contributed by atoms with van der Waals surface area (Å²) in [5, 5.41) is 10.7. The highest BCUT2D eigenvalue weighted by Crippen LogP contribution is 2.11. The van der Waals surface area contributed by atoms with Gasteiger partial charge in [0.15, 0.2) is 5.96 Å². The molecule has 6 heteroatoms. The van der Waals surface area contributed by atoms with Crippen molar-refractivity contribution in [1.29, 1.82) is 0 Å². The van der Waals surface area contributed by atoms with Crippen LogP contribution >= 0.6 is 15.9 Å². The van der Waals surface area contributed by atoms with Crippen LogP contribution in [0.5, 0.6) is 0 Å². The van der Waals surface area contributed by atoms with Crippen LogP contribution in [-0.2, 0) is 20.1 Å². The smallest absolute Gasteiger partial charge is 0.191 e. The summed E-state index contributed by atoms with van der Waals surface area (Å²) >= 11 is 3.44. The molecular weight excluding hydrogens is 330 g/mol. The third-order valence-corrected chi connectivity index (χ3v) is 3.57. The molecular formula is C15H20BrN5. The SMILES string of the molecule is CCNC(=NCc1ccc(Br)cc1)NCc1ccnn1C. The van der Waals surface area contributed by atoms with Crippen molar-refractivity contribution in [3.63, 3.8) is 0 Å². The largest absolute Gasteiger partial charge is 0.357 e. The van der Waals surface area contributed by atoms with Crippen molar-refractivity contribution in [1.82, 2.24) is 20.4 Å². The van der Waals surface area contributed by atoms with E-state index in [0.717, 1.165) is 22.7 Å². The molecule has 2 rings (SSSR count). The van der Waals surface area contributed by atoms with E-state index >= 15 is 0 Å². The number of aryl methyl sites for hydroxylation is 1. The van der Waals surface area contributed by atoms with Gasteiger partial charge in [-0.2, -0.15) is 5.10 Å². The van der Waals surface area contributed by atoms with Crippen molar-refractivity contribution >= 4 is 21.9 Å². The minimum Gasteiger partial charge on any atom is -0.357 e. The monoisotopic (exact) mass is 349 g/mol. The maximum absolute atomic E-state index is 4.59. The summed E-state index contributed by atoms with van der Waals surface area (Å²) in [6.45, 7) is 4.23. The molecule has 2 N–H and O–H groups in total. The number of benzene rings is 1. The molecule has 0 aliphatic carbocycles. The van der Waals surface area contributed by atoms with Gasteiger partial charge in [-0.15, -0.1) is 0 Å². The Kier molecular flexibility index (Phi) is 5.80. The molecule has 0 amide bonds. The number of nitrogens with one attached hydrogen (secondary N) is 2. The minimum atomic E-state index is 0.647. The standard InChI is InChI=1S/C15H20BrN5/c1-3-17-15(19-11-14-8-9-20-21(14)2)18-10-12-4-6-13(16)7-5-12/h4-9H,3,10-11H2,1-2H3,(H2,17,18,19). The van der Waals surface area contributed by atoms with Crippen LogP contribution in [0.15, 0.2) is 46.0 Å². The molecule has 0 unspecified atom stereocenters. The molecule has 0 bridgehead atoms. The fourth-order valence-electron chi connectivity index (χ4n) is 1.85. The highest BCUT2D eigenvalue weighted by atomic mass is 79.9. The third-order valence-electron chi connectivity index (χ3n) is 3.04. The molecule has 0 saturated heterocycles. The Labute approximate surface area is 133 Å². The number of aliphatic imine (C=N–C) groups is 1. The van der Waals surface area contributed by atoms with Crippen LogP contribution in [0.1, 0.15) is 18.2 Å². The van der Waals surface area contributed by atoms with Gasteiger partial charge < -0.3 is 10.6 Å². The average Bonchev–Trinajstić information content (AvgIpc) is 2.89. The van der Waals surface area contributed by atoms with Gasteiger partial charge in [-0.3, -0.25) is 4.68 Å². The Morgan fingerprint density at radius 3 is 2.62 bits per heavy atom. The molecule has 0 aliphatic rings. The van der Waals surface area contributed by atoms with E-state index in [1.54, 1.807) is 6.20 Å². The zero-order valence-corrected chi connectivity index (χ0v) is 13.9. The van der Waals surface area contributed by atoms with Gasteiger partial charge in [-0.25, -0.2) is 4.99 Å². The Morgan fingerprint density at radius 2 is 2.00 bits per heavy atom. The predicted molar refractivity (Wildman–Crippen MR) is 89.0 cm³/mol. The van der Waals surface area contributed by atoms with E-state index in [4.69, 9.17) is 0 Å². The number of nitrogens with zero attached hydrogens (tertiary/aromatic N) is 3. The van der Waals surface area contributed by atoms with Gasteiger partial charge in [0.1, 0.15) is 0 Å². The molecule has 112 valence electrons. The van der Waals surface area contributed by atoms with E-state index in [9.17, 15) is 0 Å². The second kappa shape index (κ2) is 7.83. The quantitative estimate of drug-likeness (QED) is 0.643. The Bertz CT molecular complexity index is 588. The number of aromatic nitrogens is 2. The van der Waals surface area contributed by atoms with Gasteiger partial charge in [0.05, 0.1) is 18.8 Å².